The van der Waals surface area contributed by atoms with Crippen LogP contribution in [0.25, 0.3) is 10.8 Å². The van der Waals surface area contributed by atoms with Gasteiger partial charge < -0.3 is 0 Å². The lowest BCUT2D eigenvalue weighted by Crippen LogP contribution is -2.15. The minimum absolute atomic E-state index is 0.256. The molecule has 0 saturated heterocycles. The molecule has 0 fully saturated rings. The summed E-state index contributed by atoms with van der Waals surface area (Å²) in [5.74, 6) is 6.05. The van der Waals surface area contributed by atoms with Gasteiger partial charge in [0.25, 0.3) is 10.0 Å². The van der Waals surface area contributed by atoms with Crippen LogP contribution in [0.1, 0.15) is 16.7 Å². The molecule has 0 amide bonds. The molecule has 0 aliphatic carbocycles. The number of nitrogens with one attached hydrogen (secondary N) is 1. The van der Waals surface area contributed by atoms with Crippen molar-refractivity contribution in [2.24, 2.45) is 0 Å². The molecule has 29 heavy (non-hydrogen) atoms. The topological polar surface area (TPSA) is 59.1 Å². The van der Waals surface area contributed by atoms with E-state index in [0.717, 1.165) is 21.9 Å². The van der Waals surface area contributed by atoms with Gasteiger partial charge in [-0.05, 0) is 53.6 Å². The van der Waals surface area contributed by atoms with Crippen molar-refractivity contribution in [1.82, 2.24) is 4.98 Å². The van der Waals surface area contributed by atoms with E-state index < -0.39 is 10.0 Å². The molecule has 0 aliphatic rings. The second-order valence-corrected chi connectivity index (χ2v) is 8.20. The second-order valence-electron chi connectivity index (χ2n) is 6.55. The zero-order valence-corrected chi connectivity index (χ0v) is 16.6. The van der Waals surface area contributed by atoms with E-state index in [-0.39, 0.29) is 4.90 Å². The number of para-hydroxylation sites is 1. The average Bonchev–Trinajstić information content (AvgIpc) is 2.74. The van der Waals surface area contributed by atoms with Gasteiger partial charge in [-0.25, -0.2) is 8.42 Å². The predicted molar refractivity (Wildman–Crippen MR) is 116 cm³/mol. The molecule has 0 aliphatic heterocycles. The fourth-order valence-electron chi connectivity index (χ4n) is 3.16. The van der Waals surface area contributed by atoms with Crippen LogP contribution in [0.5, 0.6) is 0 Å². The van der Waals surface area contributed by atoms with Crippen LogP contribution in [-0.2, 0) is 10.0 Å². The highest BCUT2D eigenvalue weighted by Gasteiger charge is 2.19. The van der Waals surface area contributed by atoms with Crippen LogP contribution in [0, 0.1) is 18.8 Å². The Hall–Kier alpha value is -3.62. The highest BCUT2D eigenvalue weighted by molar-refractivity contribution is 7.92. The summed E-state index contributed by atoms with van der Waals surface area (Å²) in [4.78, 5) is 4.29. The molecule has 0 bridgehead atoms. The van der Waals surface area contributed by atoms with Crippen molar-refractivity contribution >= 4 is 26.5 Å². The van der Waals surface area contributed by atoms with Crippen molar-refractivity contribution in [2.45, 2.75) is 11.8 Å². The third kappa shape index (κ3) is 3.98. The molecule has 4 rings (SSSR count). The van der Waals surface area contributed by atoms with Gasteiger partial charge in [0.2, 0.25) is 0 Å². The molecule has 3 aromatic carbocycles. The van der Waals surface area contributed by atoms with Gasteiger partial charge in [0.05, 0.1) is 10.6 Å². The summed E-state index contributed by atoms with van der Waals surface area (Å²) >= 11 is 0. The molecule has 1 N–H and O–H groups in total. The Morgan fingerprint density at radius 2 is 1.66 bits per heavy atom. The van der Waals surface area contributed by atoms with Crippen LogP contribution in [0.15, 0.2) is 90.1 Å². The van der Waals surface area contributed by atoms with Crippen LogP contribution < -0.4 is 4.72 Å². The lowest BCUT2D eigenvalue weighted by atomic mass is 10.1. The molecular formula is C24H18N2O2S. The van der Waals surface area contributed by atoms with E-state index >= 15 is 0 Å². The van der Waals surface area contributed by atoms with E-state index in [1.807, 2.05) is 49.4 Å². The quantitative estimate of drug-likeness (QED) is 0.507. The molecule has 1 heterocycles. The van der Waals surface area contributed by atoms with E-state index in [4.69, 9.17) is 0 Å². The first-order valence-corrected chi connectivity index (χ1v) is 10.6. The van der Waals surface area contributed by atoms with Crippen molar-refractivity contribution in [2.75, 3.05) is 4.72 Å². The number of aromatic nitrogens is 1. The SMILES string of the molecule is Cc1c(S(=O)(=O)Nc2ccccc2C#Cc2cccnc2)ccc2ccccc12. The largest absolute Gasteiger partial charge is 0.278 e. The Morgan fingerprint density at radius 3 is 2.48 bits per heavy atom. The zero-order chi connectivity index (χ0) is 20.3. The molecule has 0 atom stereocenters. The van der Waals surface area contributed by atoms with Crippen molar-refractivity contribution in [3.05, 3.63) is 102 Å². The van der Waals surface area contributed by atoms with Gasteiger partial charge >= 0.3 is 0 Å². The number of fused-ring (bicyclic) bond motifs is 1. The molecular weight excluding hydrogens is 380 g/mol. The molecule has 5 heteroatoms. The smallest absolute Gasteiger partial charge is 0.262 e. The van der Waals surface area contributed by atoms with Gasteiger partial charge in [0.15, 0.2) is 0 Å². The number of hydrogen-bond donors (Lipinski definition) is 1. The maximum atomic E-state index is 13.1. The van der Waals surface area contributed by atoms with Gasteiger partial charge in [0.1, 0.15) is 0 Å². The Labute approximate surface area is 170 Å². The maximum Gasteiger partial charge on any atom is 0.262 e. The Balaban J connectivity index is 1.71. The summed E-state index contributed by atoms with van der Waals surface area (Å²) in [7, 11) is -3.77. The Kier molecular flexibility index (Phi) is 5.03. The first-order chi connectivity index (χ1) is 14.0. The number of hydrogen-bond acceptors (Lipinski definition) is 3. The number of aryl methyl sites for hydroxylation is 1. The standard InChI is InChI=1S/C24H18N2O2S/c1-18-22-10-4-2-8-20(22)14-15-24(18)29(27,28)26-23-11-5-3-9-21(23)13-12-19-7-6-16-25-17-19/h2-11,14-17,26H,1H3. The van der Waals surface area contributed by atoms with Gasteiger partial charge in [-0.3, -0.25) is 9.71 Å². The predicted octanol–water partition coefficient (Wildman–Crippen LogP) is 4.74. The highest BCUT2D eigenvalue weighted by atomic mass is 32.2. The minimum atomic E-state index is -3.77. The van der Waals surface area contributed by atoms with E-state index in [1.165, 1.54) is 0 Å². The third-order valence-corrected chi connectivity index (χ3v) is 6.12. The van der Waals surface area contributed by atoms with Crippen LogP contribution in [0.3, 0.4) is 0 Å². The second kappa shape index (κ2) is 7.78. The number of anilines is 1. The summed E-state index contributed by atoms with van der Waals surface area (Å²) in [6, 6.07) is 22.0. The number of sulfonamides is 1. The number of rotatable bonds is 3. The average molecular weight is 398 g/mol. The lowest BCUT2D eigenvalue weighted by Gasteiger charge is -2.13. The lowest BCUT2D eigenvalue weighted by molar-refractivity contribution is 0.601. The highest BCUT2D eigenvalue weighted by Crippen LogP contribution is 2.27. The van der Waals surface area contributed by atoms with Gasteiger partial charge in [-0.15, -0.1) is 0 Å². The third-order valence-electron chi connectivity index (χ3n) is 4.61. The first kappa shape index (κ1) is 18.7. The van der Waals surface area contributed by atoms with Crippen molar-refractivity contribution in [3.63, 3.8) is 0 Å². The number of nitrogens with zero attached hydrogens (tertiary/aromatic N) is 1. The molecule has 142 valence electrons. The van der Waals surface area contributed by atoms with E-state index in [9.17, 15) is 8.42 Å². The zero-order valence-electron chi connectivity index (χ0n) is 15.8. The Morgan fingerprint density at radius 1 is 0.862 bits per heavy atom. The van der Waals surface area contributed by atoms with Crippen LogP contribution in [-0.4, -0.2) is 13.4 Å². The van der Waals surface area contributed by atoms with Gasteiger partial charge in [-0.2, -0.15) is 0 Å². The van der Waals surface area contributed by atoms with Crippen molar-refractivity contribution in [1.29, 1.82) is 0 Å². The molecule has 0 unspecified atom stereocenters. The van der Waals surface area contributed by atoms with E-state index in [2.05, 4.69) is 21.5 Å². The van der Waals surface area contributed by atoms with Crippen molar-refractivity contribution < 1.29 is 8.42 Å². The molecule has 4 aromatic rings. The molecule has 4 nitrogen and oxygen atoms in total. The van der Waals surface area contributed by atoms with E-state index in [1.54, 1.807) is 42.7 Å². The minimum Gasteiger partial charge on any atom is -0.278 e. The summed E-state index contributed by atoms with van der Waals surface area (Å²) in [6.07, 6.45) is 3.34. The normalized spacial score (nSPS) is 10.9. The molecule has 0 saturated carbocycles. The summed E-state index contributed by atoms with van der Waals surface area (Å²) < 4.78 is 28.9. The first-order valence-electron chi connectivity index (χ1n) is 9.07. The van der Waals surface area contributed by atoms with Gasteiger partial charge in [0, 0.05) is 23.5 Å². The molecule has 1 aromatic heterocycles. The van der Waals surface area contributed by atoms with Crippen LogP contribution in [0.4, 0.5) is 5.69 Å². The summed E-state index contributed by atoms with van der Waals surface area (Å²) in [5.41, 5.74) is 2.51. The van der Waals surface area contributed by atoms with E-state index in [0.29, 0.717) is 11.3 Å². The fourth-order valence-corrected chi connectivity index (χ4v) is 4.49. The van der Waals surface area contributed by atoms with Crippen LogP contribution >= 0.6 is 0 Å². The Bertz CT molecular complexity index is 1350. The number of pyridine rings is 1. The number of benzene rings is 3. The fraction of sp³-hybridized carbons (Fsp3) is 0.0417. The van der Waals surface area contributed by atoms with Gasteiger partial charge in [-0.1, -0.05) is 54.3 Å². The summed E-state index contributed by atoms with van der Waals surface area (Å²) in [5, 5.41) is 1.92. The molecule has 0 spiro atoms. The molecule has 0 radical (unpaired) electrons. The van der Waals surface area contributed by atoms with Crippen molar-refractivity contribution in [3.8, 4) is 11.8 Å². The summed E-state index contributed by atoms with van der Waals surface area (Å²) in [6.45, 7) is 1.82. The maximum absolute atomic E-state index is 13.1. The van der Waals surface area contributed by atoms with Crippen LogP contribution in [0.2, 0.25) is 0 Å². The monoisotopic (exact) mass is 398 g/mol.